The number of nitrogens with one attached hydrogen (secondary N) is 1. The van der Waals surface area contributed by atoms with Gasteiger partial charge in [-0.2, -0.15) is 0 Å². The Kier molecular flexibility index (Phi) is 7.25. The molecule has 1 fully saturated rings. The van der Waals surface area contributed by atoms with Crippen LogP contribution in [0.1, 0.15) is 59.8 Å². The molecule has 1 N–H and O–H groups in total. The maximum absolute atomic E-state index is 5.47. The molecule has 0 aromatic carbocycles. The van der Waals surface area contributed by atoms with Gasteiger partial charge in [-0.15, -0.1) is 0 Å². The van der Waals surface area contributed by atoms with Crippen LogP contribution in [0.15, 0.2) is 0 Å². The number of methoxy groups -OCH3 is 1. The van der Waals surface area contributed by atoms with Crippen LogP contribution in [0, 0.1) is 17.8 Å². The highest BCUT2D eigenvalue weighted by Crippen LogP contribution is 2.36. The molecule has 0 aliphatic heterocycles. The average molecular weight is 255 g/mol. The van der Waals surface area contributed by atoms with Gasteiger partial charge >= 0.3 is 0 Å². The monoisotopic (exact) mass is 255 g/mol. The van der Waals surface area contributed by atoms with E-state index < -0.39 is 0 Å². The Morgan fingerprint density at radius 1 is 1.22 bits per heavy atom. The summed E-state index contributed by atoms with van der Waals surface area (Å²) in [6, 6.07) is 0.720. The zero-order valence-electron chi connectivity index (χ0n) is 13.0. The fraction of sp³-hybridized carbons (Fsp3) is 1.00. The molecule has 1 saturated carbocycles. The topological polar surface area (TPSA) is 21.3 Å². The Labute approximate surface area is 114 Å². The van der Waals surface area contributed by atoms with E-state index in [1.165, 1.54) is 32.1 Å². The first kappa shape index (κ1) is 16.0. The van der Waals surface area contributed by atoms with E-state index in [2.05, 4.69) is 33.0 Å². The summed E-state index contributed by atoms with van der Waals surface area (Å²) in [7, 11) is 1.84. The SMILES string of the molecule is CCCNC1CCC(C(C)C)CC1CC(C)OC. The predicted octanol–water partition coefficient (Wildman–Crippen LogP) is 3.85. The van der Waals surface area contributed by atoms with E-state index in [0.29, 0.717) is 6.10 Å². The van der Waals surface area contributed by atoms with Crippen molar-refractivity contribution in [2.24, 2.45) is 17.8 Å². The molecule has 1 rings (SSSR count). The standard InChI is InChI=1S/C16H33NO/c1-6-9-17-16-8-7-14(12(2)3)11-15(16)10-13(4)18-5/h12-17H,6-11H2,1-5H3. The maximum Gasteiger partial charge on any atom is 0.0546 e. The summed E-state index contributed by atoms with van der Waals surface area (Å²) < 4.78 is 5.47. The predicted molar refractivity (Wildman–Crippen MR) is 78.8 cm³/mol. The van der Waals surface area contributed by atoms with Gasteiger partial charge in [0.05, 0.1) is 6.10 Å². The van der Waals surface area contributed by atoms with Crippen molar-refractivity contribution in [1.82, 2.24) is 5.32 Å². The number of rotatable bonds is 7. The zero-order chi connectivity index (χ0) is 13.5. The highest BCUT2D eigenvalue weighted by atomic mass is 16.5. The van der Waals surface area contributed by atoms with E-state index in [4.69, 9.17) is 4.74 Å². The highest BCUT2D eigenvalue weighted by Gasteiger charge is 2.32. The van der Waals surface area contributed by atoms with Crippen LogP contribution >= 0.6 is 0 Å². The second-order valence-corrected chi connectivity index (χ2v) is 6.42. The van der Waals surface area contributed by atoms with Crippen LogP contribution in [0.3, 0.4) is 0 Å². The summed E-state index contributed by atoms with van der Waals surface area (Å²) in [5.74, 6) is 2.55. The molecule has 4 atom stereocenters. The number of ether oxygens (including phenoxy) is 1. The average Bonchev–Trinajstić information content (AvgIpc) is 2.36. The molecule has 2 heteroatoms. The molecule has 0 aromatic heterocycles. The quantitative estimate of drug-likeness (QED) is 0.746. The lowest BCUT2D eigenvalue weighted by atomic mass is 9.72. The van der Waals surface area contributed by atoms with Crippen LogP contribution in [0.2, 0.25) is 0 Å². The molecule has 0 aromatic rings. The number of hydrogen-bond acceptors (Lipinski definition) is 2. The third-order valence-electron chi connectivity index (χ3n) is 4.66. The van der Waals surface area contributed by atoms with Gasteiger partial charge in [-0.25, -0.2) is 0 Å². The minimum Gasteiger partial charge on any atom is -0.382 e. The molecule has 0 bridgehead atoms. The molecule has 108 valence electrons. The Morgan fingerprint density at radius 3 is 2.50 bits per heavy atom. The maximum atomic E-state index is 5.47. The minimum atomic E-state index is 0.395. The summed E-state index contributed by atoms with van der Waals surface area (Å²) in [5, 5.41) is 3.75. The van der Waals surface area contributed by atoms with E-state index in [0.717, 1.165) is 30.3 Å². The Morgan fingerprint density at radius 2 is 1.94 bits per heavy atom. The van der Waals surface area contributed by atoms with Gasteiger partial charge in [0.15, 0.2) is 0 Å². The fourth-order valence-corrected chi connectivity index (χ4v) is 3.29. The van der Waals surface area contributed by atoms with Gasteiger partial charge in [0.2, 0.25) is 0 Å². The number of hydrogen-bond donors (Lipinski definition) is 1. The van der Waals surface area contributed by atoms with Crippen molar-refractivity contribution in [3.05, 3.63) is 0 Å². The molecular weight excluding hydrogens is 222 g/mol. The van der Waals surface area contributed by atoms with Crippen LogP contribution in [-0.2, 0) is 4.74 Å². The van der Waals surface area contributed by atoms with E-state index in [-0.39, 0.29) is 0 Å². The summed E-state index contributed by atoms with van der Waals surface area (Å²) in [6.07, 6.45) is 6.97. The van der Waals surface area contributed by atoms with E-state index in [1.54, 1.807) is 0 Å². The Balaban J connectivity index is 2.54. The fourth-order valence-electron chi connectivity index (χ4n) is 3.29. The molecule has 0 saturated heterocycles. The van der Waals surface area contributed by atoms with Crippen LogP contribution in [0.5, 0.6) is 0 Å². The Hall–Kier alpha value is -0.0800. The van der Waals surface area contributed by atoms with Crippen LogP contribution in [0.4, 0.5) is 0 Å². The molecule has 4 unspecified atom stereocenters. The van der Waals surface area contributed by atoms with Crippen molar-refractivity contribution in [3.63, 3.8) is 0 Å². The molecule has 1 aliphatic rings. The van der Waals surface area contributed by atoms with Crippen LogP contribution in [-0.4, -0.2) is 25.8 Å². The molecule has 2 nitrogen and oxygen atoms in total. The smallest absolute Gasteiger partial charge is 0.0546 e. The summed E-state index contributed by atoms with van der Waals surface area (Å²) in [4.78, 5) is 0. The van der Waals surface area contributed by atoms with Gasteiger partial charge in [0.25, 0.3) is 0 Å². The molecule has 18 heavy (non-hydrogen) atoms. The molecule has 1 aliphatic carbocycles. The molecular formula is C16H33NO. The van der Waals surface area contributed by atoms with Crippen molar-refractivity contribution in [2.75, 3.05) is 13.7 Å². The van der Waals surface area contributed by atoms with Crippen molar-refractivity contribution in [2.45, 2.75) is 71.9 Å². The molecule has 0 heterocycles. The van der Waals surface area contributed by atoms with Gasteiger partial charge in [0.1, 0.15) is 0 Å². The van der Waals surface area contributed by atoms with E-state index in [1.807, 2.05) is 7.11 Å². The van der Waals surface area contributed by atoms with Crippen LogP contribution < -0.4 is 5.32 Å². The molecule has 0 spiro atoms. The van der Waals surface area contributed by atoms with Crippen molar-refractivity contribution < 1.29 is 4.74 Å². The van der Waals surface area contributed by atoms with Gasteiger partial charge in [-0.1, -0.05) is 20.8 Å². The second kappa shape index (κ2) is 8.16. The lowest BCUT2D eigenvalue weighted by Gasteiger charge is -2.39. The summed E-state index contributed by atoms with van der Waals surface area (Å²) in [6.45, 7) is 10.4. The van der Waals surface area contributed by atoms with Gasteiger partial charge in [-0.05, 0) is 63.3 Å². The van der Waals surface area contributed by atoms with Crippen molar-refractivity contribution >= 4 is 0 Å². The van der Waals surface area contributed by atoms with Crippen molar-refractivity contribution in [1.29, 1.82) is 0 Å². The first-order chi connectivity index (χ1) is 8.58. The lowest BCUT2D eigenvalue weighted by Crippen LogP contribution is -2.43. The van der Waals surface area contributed by atoms with Gasteiger partial charge in [-0.3, -0.25) is 0 Å². The third kappa shape index (κ3) is 4.89. The van der Waals surface area contributed by atoms with Crippen molar-refractivity contribution in [3.8, 4) is 0 Å². The Bertz CT molecular complexity index is 217. The summed E-state index contributed by atoms with van der Waals surface area (Å²) >= 11 is 0. The largest absolute Gasteiger partial charge is 0.382 e. The normalized spacial score (nSPS) is 30.7. The lowest BCUT2D eigenvalue weighted by molar-refractivity contribution is 0.0648. The first-order valence-corrected chi connectivity index (χ1v) is 7.84. The van der Waals surface area contributed by atoms with E-state index in [9.17, 15) is 0 Å². The summed E-state index contributed by atoms with van der Waals surface area (Å²) in [5.41, 5.74) is 0. The second-order valence-electron chi connectivity index (χ2n) is 6.42. The molecule has 0 radical (unpaired) electrons. The van der Waals surface area contributed by atoms with Gasteiger partial charge < -0.3 is 10.1 Å². The minimum absolute atomic E-state index is 0.395. The third-order valence-corrected chi connectivity index (χ3v) is 4.66. The highest BCUT2D eigenvalue weighted by molar-refractivity contribution is 4.86. The first-order valence-electron chi connectivity index (χ1n) is 7.84. The zero-order valence-corrected chi connectivity index (χ0v) is 13.0. The molecule has 0 amide bonds. The van der Waals surface area contributed by atoms with Gasteiger partial charge in [0, 0.05) is 13.2 Å². The van der Waals surface area contributed by atoms with Crippen LogP contribution in [0.25, 0.3) is 0 Å². The van der Waals surface area contributed by atoms with E-state index >= 15 is 0 Å².